The Bertz CT molecular complexity index is 600. The van der Waals surface area contributed by atoms with E-state index < -0.39 is 5.97 Å². The van der Waals surface area contributed by atoms with Gasteiger partial charge in [-0.25, -0.2) is 0 Å². The summed E-state index contributed by atoms with van der Waals surface area (Å²) in [5.41, 5.74) is 1.05. The van der Waals surface area contributed by atoms with Crippen LogP contribution < -0.4 is 0 Å². The lowest BCUT2D eigenvalue weighted by Gasteiger charge is -2.33. The van der Waals surface area contributed by atoms with Crippen molar-refractivity contribution < 1.29 is 19.4 Å². The summed E-state index contributed by atoms with van der Waals surface area (Å²) >= 11 is 6.01. The molecule has 124 valence electrons. The number of ether oxygens (including phenoxy) is 1. The van der Waals surface area contributed by atoms with Crippen molar-refractivity contribution in [1.29, 1.82) is 0 Å². The molecule has 6 heteroatoms. The van der Waals surface area contributed by atoms with Crippen LogP contribution in [0, 0.1) is 5.92 Å². The molecule has 1 N–H and O–H groups in total. The second-order valence-electron chi connectivity index (χ2n) is 6.21. The molecule has 1 amide bonds. The highest BCUT2D eigenvalue weighted by Gasteiger charge is 2.47. The number of carbonyl (C=O) groups excluding carboxylic acids is 1. The highest BCUT2D eigenvalue weighted by Crippen LogP contribution is 2.49. The number of carbonyl (C=O) groups is 2. The summed E-state index contributed by atoms with van der Waals surface area (Å²) in [7, 11) is 0. The molecule has 23 heavy (non-hydrogen) atoms. The summed E-state index contributed by atoms with van der Waals surface area (Å²) in [5, 5.41) is 9.80. The molecule has 1 heterocycles. The van der Waals surface area contributed by atoms with E-state index in [0.29, 0.717) is 31.1 Å². The molecule has 1 aliphatic heterocycles. The number of rotatable bonds is 5. The third-order valence-electron chi connectivity index (χ3n) is 4.60. The Morgan fingerprint density at radius 3 is 2.70 bits per heavy atom. The zero-order valence-electron chi connectivity index (χ0n) is 12.8. The van der Waals surface area contributed by atoms with Gasteiger partial charge in [-0.1, -0.05) is 23.7 Å². The highest BCUT2D eigenvalue weighted by molar-refractivity contribution is 6.30. The standard InChI is InChI=1S/C17H20ClNO4/c18-12-3-1-2-11(8-12)14-9-15(14)17(22)19(10-16(20)21)13-4-6-23-7-5-13/h1-3,8,13-15H,4-7,9-10H2,(H,20,21)/t14-,15+/m0/s1. The van der Waals surface area contributed by atoms with Crippen molar-refractivity contribution in [3.63, 3.8) is 0 Å². The molecule has 5 nitrogen and oxygen atoms in total. The Morgan fingerprint density at radius 1 is 1.30 bits per heavy atom. The van der Waals surface area contributed by atoms with Crippen LogP contribution in [-0.2, 0) is 14.3 Å². The normalized spacial score (nSPS) is 24.2. The van der Waals surface area contributed by atoms with Crippen molar-refractivity contribution in [3.8, 4) is 0 Å². The molecule has 1 aromatic carbocycles. The topological polar surface area (TPSA) is 66.8 Å². The predicted octanol–water partition coefficient (Wildman–Crippen LogP) is 2.54. The second-order valence-corrected chi connectivity index (χ2v) is 6.64. The van der Waals surface area contributed by atoms with Gasteiger partial charge in [-0.2, -0.15) is 0 Å². The Balaban J connectivity index is 1.70. The van der Waals surface area contributed by atoms with Crippen LogP contribution in [0.25, 0.3) is 0 Å². The third-order valence-corrected chi connectivity index (χ3v) is 4.84. The number of carboxylic acids is 1. The molecule has 1 saturated heterocycles. The minimum Gasteiger partial charge on any atom is -0.480 e. The van der Waals surface area contributed by atoms with Gasteiger partial charge in [0.15, 0.2) is 0 Å². The van der Waals surface area contributed by atoms with E-state index in [2.05, 4.69) is 0 Å². The fraction of sp³-hybridized carbons (Fsp3) is 0.529. The molecule has 3 rings (SSSR count). The van der Waals surface area contributed by atoms with Crippen LogP contribution in [0.2, 0.25) is 5.02 Å². The summed E-state index contributed by atoms with van der Waals surface area (Å²) in [6, 6.07) is 7.51. The molecule has 0 radical (unpaired) electrons. The van der Waals surface area contributed by atoms with Crippen LogP contribution in [0.15, 0.2) is 24.3 Å². The number of amides is 1. The van der Waals surface area contributed by atoms with Gasteiger partial charge < -0.3 is 14.7 Å². The first-order valence-electron chi connectivity index (χ1n) is 7.91. The minimum atomic E-state index is -0.968. The summed E-state index contributed by atoms with van der Waals surface area (Å²) < 4.78 is 5.31. The molecule has 0 unspecified atom stereocenters. The van der Waals surface area contributed by atoms with Crippen LogP contribution in [0.1, 0.15) is 30.7 Å². The van der Waals surface area contributed by atoms with E-state index in [0.717, 1.165) is 12.0 Å². The first-order chi connectivity index (χ1) is 11.1. The van der Waals surface area contributed by atoms with E-state index in [9.17, 15) is 9.59 Å². The largest absolute Gasteiger partial charge is 0.480 e. The smallest absolute Gasteiger partial charge is 0.323 e. The maximum Gasteiger partial charge on any atom is 0.323 e. The Morgan fingerprint density at radius 2 is 2.04 bits per heavy atom. The quantitative estimate of drug-likeness (QED) is 0.896. The fourth-order valence-corrected chi connectivity index (χ4v) is 3.51. The fourth-order valence-electron chi connectivity index (χ4n) is 3.32. The number of hydrogen-bond donors (Lipinski definition) is 1. The molecule has 2 aliphatic rings. The molecule has 0 bridgehead atoms. The lowest BCUT2D eigenvalue weighted by Crippen LogP contribution is -2.46. The highest BCUT2D eigenvalue weighted by atomic mass is 35.5. The van der Waals surface area contributed by atoms with Crippen LogP contribution in [0.5, 0.6) is 0 Å². The van der Waals surface area contributed by atoms with Crippen molar-refractivity contribution in [1.82, 2.24) is 4.90 Å². The van der Waals surface area contributed by atoms with Gasteiger partial charge >= 0.3 is 5.97 Å². The number of aliphatic carboxylic acids is 1. The summed E-state index contributed by atoms with van der Waals surface area (Å²) in [6.07, 6.45) is 2.17. The summed E-state index contributed by atoms with van der Waals surface area (Å²) in [4.78, 5) is 25.5. The first-order valence-corrected chi connectivity index (χ1v) is 8.29. The van der Waals surface area contributed by atoms with E-state index in [1.807, 2.05) is 24.3 Å². The zero-order valence-corrected chi connectivity index (χ0v) is 13.5. The van der Waals surface area contributed by atoms with Gasteiger partial charge in [0.1, 0.15) is 6.54 Å². The molecule has 0 aromatic heterocycles. The van der Waals surface area contributed by atoms with Gasteiger partial charge in [0, 0.05) is 30.2 Å². The van der Waals surface area contributed by atoms with E-state index in [-0.39, 0.29) is 30.3 Å². The van der Waals surface area contributed by atoms with Crippen LogP contribution in [-0.4, -0.2) is 47.7 Å². The maximum absolute atomic E-state index is 12.8. The predicted molar refractivity (Wildman–Crippen MR) is 85.5 cm³/mol. The number of halogens is 1. The van der Waals surface area contributed by atoms with E-state index in [1.54, 1.807) is 4.90 Å². The molecular formula is C17H20ClNO4. The van der Waals surface area contributed by atoms with Gasteiger partial charge in [0.05, 0.1) is 0 Å². The molecule has 1 aliphatic carbocycles. The monoisotopic (exact) mass is 337 g/mol. The third kappa shape index (κ3) is 3.85. The second kappa shape index (κ2) is 6.89. The molecule has 0 spiro atoms. The Kier molecular flexibility index (Phi) is 4.87. The van der Waals surface area contributed by atoms with Gasteiger partial charge in [-0.15, -0.1) is 0 Å². The zero-order chi connectivity index (χ0) is 16.4. The van der Waals surface area contributed by atoms with Crippen LogP contribution >= 0.6 is 11.6 Å². The molecule has 2 atom stereocenters. The molecule has 1 saturated carbocycles. The van der Waals surface area contributed by atoms with E-state index in [1.165, 1.54) is 0 Å². The summed E-state index contributed by atoms with van der Waals surface area (Å²) in [6.45, 7) is 0.926. The number of carboxylic acid groups (broad SMARTS) is 1. The number of benzene rings is 1. The lowest BCUT2D eigenvalue weighted by atomic mass is 10.0. The van der Waals surface area contributed by atoms with Gasteiger partial charge in [0.2, 0.25) is 5.91 Å². The van der Waals surface area contributed by atoms with Crippen molar-refractivity contribution in [2.24, 2.45) is 5.92 Å². The van der Waals surface area contributed by atoms with Crippen LogP contribution in [0.3, 0.4) is 0 Å². The number of hydrogen-bond acceptors (Lipinski definition) is 3. The van der Waals surface area contributed by atoms with E-state index >= 15 is 0 Å². The molecule has 1 aromatic rings. The van der Waals surface area contributed by atoms with Crippen molar-refractivity contribution in [2.45, 2.75) is 31.2 Å². The van der Waals surface area contributed by atoms with Crippen LogP contribution in [0.4, 0.5) is 0 Å². The first kappa shape index (κ1) is 16.3. The SMILES string of the molecule is O=C(O)CN(C(=O)[C@@H]1C[C@H]1c1cccc(Cl)c1)C1CCOCC1. The molecule has 2 fully saturated rings. The van der Waals surface area contributed by atoms with Crippen molar-refractivity contribution in [3.05, 3.63) is 34.9 Å². The van der Waals surface area contributed by atoms with Gasteiger partial charge in [-0.05, 0) is 42.9 Å². The Hall–Kier alpha value is -1.59. The molecular weight excluding hydrogens is 318 g/mol. The summed E-state index contributed by atoms with van der Waals surface area (Å²) in [5.74, 6) is -0.998. The average Bonchev–Trinajstić information content (AvgIpc) is 3.33. The van der Waals surface area contributed by atoms with Gasteiger partial charge in [0.25, 0.3) is 0 Å². The number of nitrogens with zero attached hydrogens (tertiary/aromatic N) is 1. The maximum atomic E-state index is 12.8. The lowest BCUT2D eigenvalue weighted by molar-refractivity contribution is -0.148. The van der Waals surface area contributed by atoms with Gasteiger partial charge in [-0.3, -0.25) is 9.59 Å². The average molecular weight is 338 g/mol. The van der Waals surface area contributed by atoms with E-state index in [4.69, 9.17) is 21.4 Å². The Labute approximate surface area is 140 Å². The van der Waals surface area contributed by atoms with Crippen molar-refractivity contribution >= 4 is 23.5 Å². The van der Waals surface area contributed by atoms with Crippen molar-refractivity contribution in [2.75, 3.05) is 19.8 Å². The minimum absolute atomic E-state index is 0.0343.